The van der Waals surface area contributed by atoms with E-state index in [1.165, 1.54) is 0 Å². The lowest BCUT2D eigenvalue weighted by Crippen LogP contribution is -2.51. The van der Waals surface area contributed by atoms with Crippen LogP contribution in [0.15, 0.2) is 42.5 Å². The van der Waals surface area contributed by atoms with Crippen molar-refractivity contribution < 1.29 is 9.59 Å². The molecule has 3 rings (SSSR count). The molecule has 108 valence electrons. The lowest BCUT2D eigenvalue weighted by Gasteiger charge is -2.26. The second-order valence-electron chi connectivity index (χ2n) is 5.05. The van der Waals surface area contributed by atoms with Gasteiger partial charge in [0.25, 0.3) is 0 Å². The van der Waals surface area contributed by atoms with Crippen molar-refractivity contribution in [3.63, 3.8) is 0 Å². The van der Waals surface area contributed by atoms with E-state index in [1.54, 1.807) is 4.90 Å². The van der Waals surface area contributed by atoms with Gasteiger partial charge in [0.15, 0.2) is 0 Å². The van der Waals surface area contributed by atoms with E-state index in [-0.39, 0.29) is 24.9 Å². The Kier molecular flexibility index (Phi) is 3.73. The molecule has 0 bridgehead atoms. The number of nitrogens with one attached hydrogen (secondary N) is 2. The molecule has 0 spiro atoms. The molecule has 1 fully saturated rings. The van der Waals surface area contributed by atoms with Crippen molar-refractivity contribution in [1.82, 2.24) is 10.2 Å². The van der Waals surface area contributed by atoms with Gasteiger partial charge in [-0.15, -0.1) is 0 Å². The summed E-state index contributed by atoms with van der Waals surface area (Å²) >= 11 is 0. The number of piperazine rings is 1. The molecule has 5 heteroatoms. The standard InChI is InChI=1S/C16H17N3O2/c20-15-11-19(9-8-17-15)16(21)10-18-14-7-3-5-12-4-1-2-6-13(12)14/h1-7,18H,8-11H2,(H,17,20). The number of hydrogen-bond donors (Lipinski definition) is 2. The maximum atomic E-state index is 12.1. The number of benzene rings is 2. The van der Waals surface area contributed by atoms with Gasteiger partial charge in [-0.1, -0.05) is 36.4 Å². The molecule has 21 heavy (non-hydrogen) atoms. The molecule has 2 N–H and O–H groups in total. The molecule has 1 heterocycles. The van der Waals surface area contributed by atoms with Crippen molar-refractivity contribution in [2.45, 2.75) is 0 Å². The topological polar surface area (TPSA) is 61.4 Å². The molecular formula is C16H17N3O2. The van der Waals surface area contributed by atoms with Crippen molar-refractivity contribution in [2.24, 2.45) is 0 Å². The molecule has 1 aliphatic heterocycles. The van der Waals surface area contributed by atoms with Gasteiger partial charge in [0.2, 0.25) is 11.8 Å². The fourth-order valence-electron chi connectivity index (χ4n) is 2.51. The molecule has 2 amide bonds. The van der Waals surface area contributed by atoms with Crippen LogP contribution in [0, 0.1) is 0 Å². The first-order valence-corrected chi connectivity index (χ1v) is 7.00. The van der Waals surface area contributed by atoms with Crippen LogP contribution in [0.25, 0.3) is 10.8 Å². The van der Waals surface area contributed by atoms with E-state index >= 15 is 0 Å². The molecule has 0 radical (unpaired) electrons. The van der Waals surface area contributed by atoms with Crippen LogP contribution in [0.5, 0.6) is 0 Å². The highest BCUT2D eigenvalue weighted by atomic mass is 16.2. The quantitative estimate of drug-likeness (QED) is 0.890. The van der Waals surface area contributed by atoms with E-state index < -0.39 is 0 Å². The Morgan fingerprint density at radius 2 is 2.00 bits per heavy atom. The minimum Gasteiger partial charge on any atom is -0.376 e. The summed E-state index contributed by atoms with van der Waals surface area (Å²) in [4.78, 5) is 25.0. The molecule has 0 atom stereocenters. The average molecular weight is 283 g/mol. The Bertz CT molecular complexity index is 679. The third kappa shape index (κ3) is 2.97. The molecule has 2 aromatic rings. The third-order valence-electron chi connectivity index (χ3n) is 3.61. The number of carbonyl (C=O) groups is 2. The summed E-state index contributed by atoms with van der Waals surface area (Å²) in [6.07, 6.45) is 0. The van der Waals surface area contributed by atoms with Gasteiger partial charge < -0.3 is 15.5 Å². The minimum absolute atomic E-state index is 0.0576. The Morgan fingerprint density at radius 3 is 2.86 bits per heavy atom. The predicted octanol–water partition coefficient (Wildman–Crippen LogP) is 1.21. The van der Waals surface area contributed by atoms with Crippen LogP contribution < -0.4 is 10.6 Å². The Labute approximate surface area is 122 Å². The molecule has 1 aliphatic rings. The summed E-state index contributed by atoms with van der Waals surface area (Å²) in [5.74, 6) is -0.155. The van der Waals surface area contributed by atoms with Crippen LogP contribution in [0.3, 0.4) is 0 Å². The zero-order valence-corrected chi connectivity index (χ0v) is 11.6. The summed E-state index contributed by atoms with van der Waals surface area (Å²) in [7, 11) is 0. The van der Waals surface area contributed by atoms with Crippen LogP contribution in [0.2, 0.25) is 0 Å². The van der Waals surface area contributed by atoms with Crippen molar-refractivity contribution >= 4 is 28.3 Å². The molecule has 0 unspecified atom stereocenters. The van der Waals surface area contributed by atoms with E-state index in [9.17, 15) is 9.59 Å². The highest BCUT2D eigenvalue weighted by Crippen LogP contribution is 2.22. The van der Waals surface area contributed by atoms with Crippen LogP contribution in [0.4, 0.5) is 5.69 Å². The highest BCUT2D eigenvalue weighted by Gasteiger charge is 2.20. The summed E-state index contributed by atoms with van der Waals surface area (Å²) in [6, 6.07) is 14.0. The number of rotatable bonds is 3. The Morgan fingerprint density at radius 1 is 1.19 bits per heavy atom. The van der Waals surface area contributed by atoms with Gasteiger partial charge in [-0.3, -0.25) is 9.59 Å². The van der Waals surface area contributed by atoms with Crippen molar-refractivity contribution in [2.75, 3.05) is 31.5 Å². The number of amides is 2. The maximum absolute atomic E-state index is 12.1. The first kappa shape index (κ1) is 13.4. The van der Waals surface area contributed by atoms with Gasteiger partial charge >= 0.3 is 0 Å². The third-order valence-corrected chi connectivity index (χ3v) is 3.61. The van der Waals surface area contributed by atoms with Crippen molar-refractivity contribution in [3.8, 4) is 0 Å². The summed E-state index contributed by atoms with van der Waals surface area (Å²) < 4.78 is 0. The molecule has 0 aromatic heterocycles. The monoisotopic (exact) mass is 283 g/mol. The first-order valence-electron chi connectivity index (χ1n) is 7.00. The zero-order valence-electron chi connectivity index (χ0n) is 11.6. The predicted molar refractivity (Wildman–Crippen MR) is 82.0 cm³/mol. The smallest absolute Gasteiger partial charge is 0.242 e. The lowest BCUT2D eigenvalue weighted by molar-refractivity contribution is -0.136. The second kappa shape index (κ2) is 5.83. The summed E-state index contributed by atoms with van der Waals surface area (Å²) in [6.45, 7) is 1.44. The van der Waals surface area contributed by atoms with Gasteiger partial charge in [-0.25, -0.2) is 0 Å². The van der Waals surface area contributed by atoms with E-state index in [1.807, 2.05) is 42.5 Å². The normalized spacial score (nSPS) is 14.9. The molecular weight excluding hydrogens is 266 g/mol. The van der Waals surface area contributed by atoms with Crippen LogP contribution in [-0.4, -0.2) is 42.9 Å². The summed E-state index contributed by atoms with van der Waals surface area (Å²) in [5.41, 5.74) is 0.933. The molecule has 1 saturated heterocycles. The van der Waals surface area contributed by atoms with Crippen LogP contribution in [-0.2, 0) is 9.59 Å². The molecule has 0 aliphatic carbocycles. The number of carbonyl (C=O) groups excluding carboxylic acids is 2. The van der Waals surface area contributed by atoms with Gasteiger partial charge in [-0.05, 0) is 11.5 Å². The largest absolute Gasteiger partial charge is 0.376 e. The fourth-order valence-corrected chi connectivity index (χ4v) is 2.51. The first-order chi connectivity index (χ1) is 10.2. The van der Waals surface area contributed by atoms with E-state index in [2.05, 4.69) is 10.6 Å². The number of fused-ring (bicyclic) bond motifs is 1. The van der Waals surface area contributed by atoms with E-state index in [4.69, 9.17) is 0 Å². The van der Waals surface area contributed by atoms with Gasteiger partial charge in [0.05, 0.1) is 13.1 Å². The van der Waals surface area contributed by atoms with Gasteiger partial charge in [0, 0.05) is 24.2 Å². The van der Waals surface area contributed by atoms with Crippen molar-refractivity contribution in [1.29, 1.82) is 0 Å². The maximum Gasteiger partial charge on any atom is 0.242 e. The van der Waals surface area contributed by atoms with Gasteiger partial charge in [-0.2, -0.15) is 0 Å². The number of hydrogen-bond acceptors (Lipinski definition) is 3. The summed E-state index contributed by atoms with van der Waals surface area (Å²) in [5, 5.41) is 8.11. The van der Waals surface area contributed by atoms with Crippen LogP contribution >= 0.6 is 0 Å². The van der Waals surface area contributed by atoms with E-state index in [0.717, 1.165) is 16.5 Å². The molecule has 0 saturated carbocycles. The second-order valence-corrected chi connectivity index (χ2v) is 5.05. The number of nitrogens with zero attached hydrogens (tertiary/aromatic N) is 1. The fraction of sp³-hybridized carbons (Fsp3) is 0.250. The average Bonchev–Trinajstić information content (AvgIpc) is 2.52. The van der Waals surface area contributed by atoms with Crippen molar-refractivity contribution in [3.05, 3.63) is 42.5 Å². The minimum atomic E-state index is -0.0974. The van der Waals surface area contributed by atoms with Gasteiger partial charge in [0.1, 0.15) is 0 Å². The lowest BCUT2D eigenvalue weighted by atomic mass is 10.1. The number of anilines is 1. The molecule has 5 nitrogen and oxygen atoms in total. The zero-order chi connectivity index (χ0) is 14.7. The highest BCUT2D eigenvalue weighted by molar-refractivity contribution is 5.95. The Hall–Kier alpha value is -2.56. The molecule has 2 aromatic carbocycles. The van der Waals surface area contributed by atoms with Crippen LogP contribution in [0.1, 0.15) is 0 Å². The van der Waals surface area contributed by atoms with E-state index in [0.29, 0.717) is 13.1 Å². The SMILES string of the molecule is O=C1CN(C(=O)CNc2cccc3ccccc23)CCN1. The Balaban J connectivity index is 1.69.